The lowest BCUT2D eigenvalue weighted by Crippen LogP contribution is -2.06. The van der Waals surface area contributed by atoms with Crippen molar-refractivity contribution in [3.63, 3.8) is 0 Å². The number of halogens is 1. The second-order valence-corrected chi connectivity index (χ2v) is 6.95. The standard InChI is InChI=1S/C24H21ClN2O/c25-20-14-11-19(12-15-20)13-16-24-26-22-9-4-5-10-23(22)27(24)17-6-18-28-21-7-2-1-3-8-21/h1-5,7-16H,6,17-18H2/b16-13+. The lowest BCUT2D eigenvalue weighted by molar-refractivity contribution is 0.302. The van der Waals surface area contributed by atoms with E-state index >= 15 is 0 Å². The number of para-hydroxylation sites is 3. The molecule has 0 fully saturated rings. The smallest absolute Gasteiger partial charge is 0.133 e. The third-order valence-electron chi connectivity index (χ3n) is 4.52. The third-order valence-corrected chi connectivity index (χ3v) is 4.77. The lowest BCUT2D eigenvalue weighted by Gasteiger charge is -2.09. The predicted octanol–water partition coefficient (Wildman–Crippen LogP) is 6.33. The third kappa shape index (κ3) is 4.44. The summed E-state index contributed by atoms with van der Waals surface area (Å²) in [6.45, 7) is 1.50. The normalized spacial score (nSPS) is 11.3. The highest BCUT2D eigenvalue weighted by Gasteiger charge is 2.08. The van der Waals surface area contributed by atoms with Crippen molar-refractivity contribution < 1.29 is 4.74 Å². The Morgan fingerprint density at radius 2 is 1.61 bits per heavy atom. The van der Waals surface area contributed by atoms with E-state index in [4.69, 9.17) is 21.3 Å². The van der Waals surface area contributed by atoms with E-state index in [1.54, 1.807) is 0 Å². The highest BCUT2D eigenvalue weighted by molar-refractivity contribution is 6.30. The van der Waals surface area contributed by atoms with E-state index in [9.17, 15) is 0 Å². The van der Waals surface area contributed by atoms with E-state index in [0.717, 1.165) is 46.2 Å². The molecule has 28 heavy (non-hydrogen) atoms. The molecule has 4 heteroatoms. The number of benzene rings is 3. The average molecular weight is 389 g/mol. The topological polar surface area (TPSA) is 27.1 Å². The van der Waals surface area contributed by atoms with Gasteiger partial charge in [-0.25, -0.2) is 4.98 Å². The molecule has 1 heterocycles. The van der Waals surface area contributed by atoms with E-state index in [0.29, 0.717) is 6.61 Å². The predicted molar refractivity (Wildman–Crippen MR) is 117 cm³/mol. The van der Waals surface area contributed by atoms with Crippen LogP contribution in [0.5, 0.6) is 5.75 Å². The Balaban J connectivity index is 1.50. The zero-order valence-corrected chi connectivity index (χ0v) is 16.2. The molecular formula is C24H21ClN2O. The molecular weight excluding hydrogens is 368 g/mol. The molecule has 0 amide bonds. The van der Waals surface area contributed by atoms with Gasteiger partial charge in [0.2, 0.25) is 0 Å². The largest absolute Gasteiger partial charge is 0.494 e. The Morgan fingerprint density at radius 3 is 2.43 bits per heavy atom. The van der Waals surface area contributed by atoms with Crippen molar-refractivity contribution >= 4 is 34.8 Å². The molecule has 0 radical (unpaired) electrons. The maximum Gasteiger partial charge on any atom is 0.133 e. The first-order valence-corrected chi connectivity index (χ1v) is 9.74. The number of imidazole rings is 1. The second-order valence-electron chi connectivity index (χ2n) is 6.51. The fourth-order valence-corrected chi connectivity index (χ4v) is 3.26. The first-order chi connectivity index (χ1) is 13.8. The summed E-state index contributed by atoms with van der Waals surface area (Å²) in [5.41, 5.74) is 3.23. The van der Waals surface area contributed by atoms with E-state index in [1.165, 1.54) is 0 Å². The maximum atomic E-state index is 5.97. The average Bonchev–Trinajstić information content (AvgIpc) is 3.09. The fourth-order valence-electron chi connectivity index (χ4n) is 3.13. The Kier molecular flexibility index (Phi) is 5.74. The molecule has 0 saturated heterocycles. The number of aromatic nitrogens is 2. The lowest BCUT2D eigenvalue weighted by atomic mass is 10.2. The van der Waals surface area contributed by atoms with Crippen molar-refractivity contribution in [1.82, 2.24) is 9.55 Å². The molecule has 0 spiro atoms. The Morgan fingerprint density at radius 1 is 0.857 bits per heavy atom. The number of rotatable bonds is 7. The number of fused-ring (bicyclic) bond motifs is 1. The maximum absolute atomic E-state index is 5.97. The molecule has 0 N–H and O–H groups in total. The Hall–Kier alpha value is -3.04. The van der Waals surface area contributed by atoms with Crippen molar-refractivity contribution in [1.29, 1.82) is 0 Å². The van der Waals surface area contributed by atoms with Gasteiger partial charge in [0.15, 0.2) is 0 Å². The van der Waals surface area contributed by atoms with Crippen LogP contribution in [0.3, 0.4) is 0 Å². The summed E-state index contributed by atoms with van der Waals surface area (Å²) in [6.07, 6.45) is 5.02. The Bertz CT molecular complexity index is 1070. The molecule has 3 nitrogen and oxygen atoms in total. The van der Waals surface area contributed by atoms with Gasteiger partial charge in [-0.15, -0.1) is 0 Å². The van der Waals surface area contributed by atoms with Gasteiger partial charge in [-0.1, -0.05) is 60.1 Å². The highest BCUT2D eigenvalue weighted by atomic mass is 35.5. The van der Waals surface area contributed by atoms with E-state index in [-0.39, 0.29) is 0 Å². The van der Waals surface area contributed by atoms with E-state index < -0.39 is 0 Å². The molecule has 4 aromatic rings. The van der Waals surface area contributed by atoms with Crippen molar-refractivity contribution in [3.05, 3.63) is 95.3 Å². The van der Waals surface area contributed by atoms with Gasteiger partial charge in [0.05, 0.1) is 17.6 Å². The number of nitrogens with zero attached hydrogens (tertiary/aromatic N) is 2. The zero-order valence-electron chi connectivity index (χ0n) is 15.5. The van der Waals surface area contributed by atoms with E-state index in [1.807, 2.05) is 72.8 Å². The van der Waals surface area contributed by atoms with Crippen LogP contribution < -0.4 is 4.74 Å². The van der Waals surface area contributed by atoms with Gasteiger partial charge in [0, 0.05) is 11.6 Å². The summed E-state index contributed by atoms with van der Waals surface area (Å²) < 4.78 is 8.08. The van der Waals surface area contributed by atoms with Crippen LogP contribution in [0, 0.1) is 0 Å². The molecule has 0 aliphatic heterocycles. The first-order valence-electron chi connectivity index (χ1n) is 9.36. The number of ether oxygens (including phenoxy) is 1. The monoisotopic (exact) mass is 388 g/mol. The number of aryl methyl sites for hydroxylation is 1. The van der Waals surface area contributed by atoms with Crippen LogP contribution in [0.4, 0.5) is 0 Å². The van der Waals surface area contributed by atoms with Gasteiger partial charge in [0.25, 0.3) is 0 Å². The molecule has 3 aromatic carbocycles. The molecule has 0 unspecified atom stereocenters. The van der Waals surface area contributed by atoms with Crippen LogP contribution in [0.2, 0.25) is 5.02 Å². The minimum Gasteiger partial charge on any atom is -0.494 e. The van der Waals surface area contributed by atoms with Crippen molar-refractivity contribution in [2.24, 2.45) is 0 Å². The molecule has 4 rings (SSSR count). The fraction of sp³-hybridized carbons (Fsp3) is 0.125. The van der Waals surface area contributed by atoms with Crippen LogP contribution in [0.25, 0.3) is 23.2 Å². The molecule has 0 aliphatic rings. The van der Waals surface area contributed by atoms with Gasteiger partial charge >= 0.3 is 0 Å². The molecule has 0 aliphatic carbocycles. The van der Waals surface area contributed by atoms with Crippen LogP contribution in [0.1, 0.15) is 17.8 Å². The van der Waals surface area contributed by atoms with Crippen molar-refractivity contribution in [2.75, 3.05) is 6.61 Å². The van der Waals surface area contributed by atoms with E-state index in [2.05, 4.69) is 22.8 Å². The van der Waals surface area contributed by atoms with Crippen molar-refractivity contribution in [2.45, 2.75) is 13.0 Å². The van der Waals surface area contributed by atoms with Gasteiger partial charge < -0.3 is 9.30 Å². The number of hydrogen-bond acceptors (Lipinski definition) is 2. The zero-order chi connectivity index (χ0) is 19.2. The summed E-state index contributed by atoms with van der Waals surface area (Å²) in [5.74, 6) is 1.84. The van der Waals surface area contributed by atoms with Gasteiger partial charge in [-0.2, -0.15) is 0 Å². The SMILES string of the molecule is Clc1ccc(/C=C/c2nc3ccccc3n2CCCOc2ccccc2)cc1. The first kappa shape index (κ1) is 18.3. The van der Waals surface area contributed by atoms with Crippen LogP contribution >= 0.6 is 11.6 Å². The van der Waals surface area contributed by atoms with Gasteiger partial charge in [-0.05, 0) is 54.5 Å². The summed E-state index contributed by atoms with van der Waals surface area (Å²) >= 11 is 5.97. The van der Waals surface area contributed by atoms with Crippen LogP contribution in [0.15, 0.2) is 78.9 Å². The quantitative estimate of drug-likeness (QED) is 0.346. The molecule has 1 aromatic heterocycles. The van der Waals surface area contributed by atoms with Crippen LogP contribution in [-0.4, -0.2) is 16.2 Å². The summed E-state index contributed by atoms with van der Waals surface area (Å²) in [4.78, 5) is 4.79. The van der Waals surface area contributed by atoms with Crippen LogP contribution in [-0.2, 0) is 6.54 Å². The Labute approximate surface area is 169 Å². The minimum atomic E-state index is 0.664. The summed E-state index contributed by atoms with van der Waals surface area (Å²) in [6, 6.07) is 25.9. The molecule has 0 atom stereocenters. The molecule has 0 saturated carbocycles. The minimum absolute atomic E-state index is 0.664. The summed E-state index contributed by atoms with van der Waals surface area (Å²) in [5, 5.41) is 0.739. The van der Waals surface area contributed by atoms with Gasteiger partial charge in [0.1, 0.15) is 11.6 Å². The summed E-state index contributed by atoms with van der Waals surface area (Å²) in [7, 11) is 0. The highest BCUT2D eigenvalue weighted by Crippen LogP contribution is 2.19. The van der Waals surface area contributed by atoms with Gasteiger partial charge in [-0.3, -0.25) is 0 Å². The van der Waals surface area contributed by atoms with Crippen molar-refractivity contribution in [3.8, 4) is 5.75 Å². The molecule has 0 bridgehead atoms. The number of hydrogen-bond donors (Lipinski definition) is 0. The second kappa shape index (κ2) is 8.77. The molecule has 140 valence electrons.